The topological polar surface area (TPSA) is 85.3 Å². The average molecular weight is 283 g/mol. The van der Waals surface area contributed by atoms with Crippen molar-refractivity contribution in [2.75, 3.05) is 25.7 Å². The number of anilines is 1. The van der Waals surface area contributed by atoms with Crippen LogP contribution in [0.1, 0.15) is 18.8 Å². The summed E-state index contributed by atoms with van der Waals surface area (Å²) in [6, 6.07) is 6.57. The minimum Gasteiger partial charge on any atom is -0.459 e. The van der Waals surface area contributed by atoms with Crippen LogP contribution in [-0.4, -0.2) is 37.9 Å². The average Bonchev–Trinajstić information content (AvgIpc) is 2.48. The lowest BCUT2D eigenvalue weighted by Crippen LogP contribution is -2.35. The van der Waals surface area contributed by atoms with Gasteiger partial charge in [0.05, 0.1) is 12.3 Å². The normalized spacial score (nSPS) is 11.8. The molecule has 0 bridgehead atoms. The molecule has 0 aliphatic heterocycles. The first-order valence-corrected chi connectivity index (χ1v) is 5.93. The number of hydrogen-bond donors (Lipinski definition) is 1. The predicted octanol–water partition coefficient (Wildman–Crippen LogP) is 1.35. The Morgan fingerprint density at radius 1 is 1.35 bits per heavy atom. The molecule has 20 heavy (non-hydrogen) atoms. The summed E-state index contributed by atoms with van der Waals surface area (Å²) in [4.78, 5) is 28.6. The summed E-state index contributed by atoms with van der Waals surface area (Å²) < 4.78 is 9.59. The second kappa shape index (κ2) is 7.59. The number of methoxy groups -OCH3 is 1. The molecule has 0 aliphatic carbocycles. The summed E-state index contributed by atoms with van der Waals surface area (Å²) >= 11 is 0. The number of para-hydroxylation sites is 1. The van der Waals surface area contributed by atoms with Gasteiger partial charge in [-0.25, -0.2) is 14.9 Å². The van der Waals surface area contributed by atoms with Crippen molar-refractivity contribution in [3.05, 3.63) is 29.8 Å². The van der Waals surface area contributed by atoms with Gasteiger partial charge in [-0.1, -0.05) is 18.2 Å². The number of hydrogen-bond acceptors (Lipinski definition) is 6. The number of benzene rings is 1. The van der Waals surface area contributed by atoms with E-state index in [9.17, 15) is 9.59 Å². The zero-order valence-electron chi connectivity index (χ0n) is 11.5. The van der Waals surface area contributed by atoms with E-state index in [-0.39, 0.29) is 6.61 Å². The Bertz CT molecular complexity index is 472. The highest BCUT2D eigenvalue weighted by molar-refractivity contribution is 6.38. The first-order chi connectivity index (χ1) is 9.56. The molecule has 110 valence electrons. The van der Waals surface area contributed by atoms with Crippen molar-refractivity contribution in [3.63, 3.8) is 0 Å². The van der Waals surface area contributed by atoms with E-state index in [1.807, 2.05) is 0 Å². The molecule has 7 heteroatoms. The monoisotopic (exact) mass is 283 g/mol. The summed E-state index contributed by atoms with van der Waals surface area (Å²) in [5.74, 6) is -1.78. The Labute approximate surface area is 116 Å². The van der Waals surface area contributed by atoms with Crippen LogP contribution in [0.5, 0.6) is 0 Å². The van der Waals surface area contributed by atoms with Crippen LogP contribution in [0.25, 0.3) is 0 Å². The highest BCUT2D eigenvalue weighted by Gasteiger charge is 2.25. The highest BCUT2D eigenvalue weighted by atomic mass is 17.1. The van der Waals surface area contributed by atoms with Crippen molar-refractivity contribution >= 4 is 17.6 Å². The maximum absolute atomic E-state index is 11.9. The van der Waals surface area contributed by atoms with Crippen LogP contribution in [0.2, 0.25) is 0 Å². The van der Waals surface area contributed by atoms with E-state index in [1.165, 1.54) is 14.2 Å². The number of esters is 1. The Morgan fingerprint density at radius 2 is 2.00 bits per heavy atom. The van der Waals surface area contributed by atoms with E-state index in [4.69, 9.17) is 9.99 Å². The smallest absolute Gasteiger partial charge is 0.397 e. The van der Waals surface area contributed by atoms with E-state index < -0.39 is 18.2 Å². The summed E-state index contributed by atoms with van der Waals surface area (Å²) in [5, 5.41) is 8.80. The van der Waals surface area contributed by atoms with Gasteiger partial charge in [-0.2, -0.15) is 0 Å². The minimum absolute atomic E-state index is 0.112. The van der Waals surface area contributed by atoms with E-state index in [1.54, 1.807) is 31.2 Å². The summed E-state index contributed by atoms with van der Waals surface area (Å²) in [7, 11) is 2.76. The first-order valence-electron chi connectivity index (χ1n) is 5.93. The van der Waals surface area contributed by atoms with Crippen molar-refractivity contribution in [3.8, 4) is 0 Å². The third kappa shape index (κ3) is 3.53. The standard InChI is InChI=1S/C13H17NO6/c1-4-19-12(16)11(15)14(2)10-8-6-5-7-9(10)13(18-3)20-17/h5-8,13,17H,4H2,1-3H3. The lowest BCUT2D eigenvalue weighted by Gasteiger charge is -2.22. The lowest BCUT2D eigenvalue weighted by atomic mass is 10.1. The molecule has 0 aromatic heterocycles. The molecular formula is C13H17NO6. The van der Waals surface area contributed by atoms with Crippen molar-refractivity contribution < 1.29 is 29.2 Å². The van der Waals surface area contributed by atoms with Crippen LogP contribution in [0.4, 0.5) is 5.69 Å². The molecule has 1 atom stereocenters. The van der Waals surface area contributed by atoms with Gasteiger partial charge in [0.1, 0.15) is 0 Å². The van der Waals surface area contributed by atoms with Crippen LogP contribution in [0.15, 0.2) is 24.3 Å². The van der Waals surface area contributed by atoms with Crippen molar-refractivity contribution in [1.29, 1.82) is 0 Å². The Kier molecular flexibility index (Phi) is 6.10. The number of carbonyl (C=O) groups is 2. The quantitative estimate of drug-likeness (QED) is 0.288. The molecule has 7 nitrogen and oxygen atoms in total. The third-order valence-electron chi connectivity index (χ3n) is 2.62. The number of carbonyl (C=O) groups excluding carboxylic acids is 2. The summed E-state index contributed by atoms with van der Waals surface area (Å²) in [6.07, 6.45) is -1.07. The van der Waals surface area contributed by atoms with Crippen molar-refractivity contribution in [2.24, 2.45) is 0 Å². The van der Waals surface area contributed by atoms with E-state index >= 15 is 0 Å². The van der Waals surface area contributed by atoms with Crippen molar-refractivity contribution in [2.45, 2.75) is 13.2 Å². The molecule has 1 rings (SSSR count). The van der Waals surface area contributed by atoms with Crippen LogP contribution in [0.3, 0.4) is 0 Å². The van der Waals surface area contributed by atoms with Crippen LogP contribution < -0.4 is 4.90 Å². The van der Waals surface area contributed by atoms with E-state index in [0.29, 0.717) is 11.3 Å². The molecule has 0 saturated heterocycles. The molecule has 1 amide bonds. The largest absolute Gasteiger partial charge is 0.459 e. The number of nitrogens with zero attached hydrogens (tertiary/aromatic N) is 1. The minimum atomic E-state index is -1.07. The number of ether oxygens (including phenoxy) is 2. The lowest BCUT2D eigenvalue weighted by molar-refractivity contribution is -0.345. The van der Waals surface area contributed by atoms with Gasteiger partial charge < -0.3 is 14.4 Å². The van der Waals surface area contributed by atoms with Crippen LogP contribution >= 0.6 is 0 Å². The fourth-order valence-corrected chi connectivity index (χ4v) is 1.66. The van der Waals surface area contributed by atoms with Gasteiger partial charge >= 0.3 is 11.9 Å². The fourth-order valence-electron chi connectivity index (χ4n) is 1.66. The number of rotatable bonds is 5. The second-order valence-corrected chi connectivity index (χ2v) is 3.82. The maximum atomic E-state index is 11.9. The maximum Gasteiger partial charge on any atom is 0.397 e. The van der Waals surface area contributed by atoms with Gasteiger partial charge in [-0.15, -0.1) is 0 Å². The second-order valence-electron chi connectivity index (χ2n) is 3.82. The van der Waals surface area contributed by atoms with Crippen molar-refractivity contribution in [1.82, 2.24) is 0 Å². The van der Waals surface area contributed by atoms with Gasteiger partial charge in [0.2, 0.25) is 6.29 Å². The molecule has 1 aromatic rings. The number of likely N-dealkylation sites (N-methyl/N-ethyl adjacent to an activating group) is 1. The molecule has 1 N–H and O–H groups in total. The molecule has 1 aromatic carbocycles. The fraction of sp³-hybridized carbons (Fsp3) is 0.385. The zero-order chi connectivity index (χ0) is 15.1. The van der Waals surface area contributed by atoms with Gasteiger partial charge in [0, 0.05) is 19.7 Å². The molecule has 0 radical (unpaired) electrons. The Morgan fingerprint density at radius 3 is 2.55 bits per heavy atom. The summed E-state index contributed by atoms with van der Waals surface area (Å²) in [5.41, 5.74) is 0.768. The highest BCUT2D eigenvalue weighted by Crippen LogP contribution is 2.28. The summed E-state index contributed by atoms with van der Waals surface area (Å²) in [6.45, 7) is 1.72. The molecular weight excluding hydrogens is 266 g/mol. The molecule has 0 heterocycles. The van der Waals surface area contributed by atoms with Crippen LogP contribution in [0, 0.1) is 0 Å². The first kappa shape index (κ1) is 16.1. The zero-order valence-corrected chi connectivity index (χ0v) is 11.5. The van der Waals surface area contributed by atoms with E-state index in [2.05, 4.69) is 9.62 Å². The predicted molar refractivity (Wildman–Crippen MR) is 69.9 cm³/mol. The van der Waals surface area contributed by atoms with E-state index in [0.717, 1.165) is 4.90 Å². The molecule has 1 unspecified atom stereocenters. The molecule has 0 spiro atoms. The van der Waals surface area contributed by atoms with Crippen LogP contribution in [-0.2, 0) is 24.0 Å². The van der Waals surface area contributed by atoms with Gasteiger partial charge in [0.25, 0.3) is 0 Å². The number of amides is 1. The van der Waals surface area contributed by atoms with Gasteiger partial charge in [-0.05, 0) is 13.0 Å². The Balaban J connectivity index is 3.06. The SMILES string of the molecule is CCOC(=O)C(=O)N(C)c1ccccc1C(OC)OO. The Hall–Kier alpha value is -1.96. The molecule has 0 aliphatic rings. The molecule has 0 saturated carbocycles. The van der Waals surface area contributed by atoms with Gasteiger partial charge in [0.15, 0.2) is 0 Å². The molecule has 0 fully saturated rings. The van der Waals surface area contributed by atoms with Gasteiger partial charge in [-0.3, -0.25) is 4.79 Å². The third-order valence-corrected chi connectivity index (χ3v) is 2.62.